The Morgan fingerprint density at radius 2 is 0.906 bits per heavy atom. The number of benzene rings is 8. The topological polar surface area (TPSA) is 41.6 Å². The summed E-state index contributed by atoms with van der Waals surface area (Å²) in [6.45, 7) is 0. The smallest absolute Gasteiger partial charge is 0.0991 e. The first-order chi connectivity index (χ1) is 26.2. The van der Waals surface area contributed by atoms with Crippen LogP contribution in [0.15, 0.2) is 188 Å². The summed E-state index contributed by atoms with van der Waals surface area (Å²) in [4.78, 5) is 4.70. The van der Waals surface area contributed by atoms with Crippen LogP contribution in [-0.2, 0) is 0 Å². The third kappa shape index (κ3) is 5.08. The Morgan fingerprint density at radius 3 is 1.51 bits per heavy atom. The van der Waals surface area contributed by atoms with Crippen molar-refractivity contribution < 1.29 is 0 Å². The zero-order chi connectivity index (χ0) is 35.3. The molecule has 3 nitrogen and oxygen atoms in total. The highest BCUT2D eigenvalue weighted by Gasteiger charge is 2.19. The predicted molar refractivity (Wildman–Crippen MR) is 220 cm³/mol. The minimum absolute atomic E-state index is 0.653. The minimum atomic E-state index is 0.653. The maximum atomic E-state index is 9.84. The molecule has 0 aliphatic carbocycles. The van der Waals surface area contributed by atoms with Crippen molar-refractivity contribution in [2.75, 3.05) is 0 Å². The van der Waals surface area contributed by atoms with Crippen LogP contribution in [0.3, 0.4) is 0 Å². The molecule has 0 aliphatic rings. The average Bonchev–Trinajstić information content (AvgIpc) is 3.56. The van der Waals surface area contributed by atoms with E-state index in [0.29, 0.717) is 5.56 Å². The molecular formula is C50H31N3. The molecule has 246 valence electrons. The molecule has 0 spiro atoms. The van der Waals surface area contributed by atoms with Gasteiger partial charge < -0.3 is 4.57 Å². The summed E-state index contributed by atoms with van der Waals surface area (Å²) in [5, 5.41) is 16.8. The van der Waals surface area contributed by atoms with Crippen LogP contribution < -0.4 is 0 Å². The number of rotatable bonds is 5. The Hall–Kier alpha value is -7.28. The molecule has 2 aromatic heterocycles. The first-order valence-electron chi connectivity index (χ1n) is 17.8. The number of hydrogen-bond donors (Lipinski definition) is 0. The standard InChI is InChI=1S/C50H31N3/c51-32-33-19-25-47-42(28-33)43-29-37(22-26-48(43)53(47)39-16-8-3-9-17-39)36-20-23-40-44(30-36)49(34-12-4-1-5-13-34)41-24-21-38(46-18-10-11-27-52-46)31-45(41)50(40)35-14-6-2-7-15-35/h1-31H. The zero-order valence-electron chi connectivity index (χ0n) is 28.7. The third-order valence-corrected chi connectivity index (χ3v) is 10.4. The zero-order valence-corrected chi connectivity index (χ0v) is 28.7. The van der Waals surface area contributed by atoms with Crippen LogP contribution in [0.1, 0.15) is 5.56 Å². The molecule has 2 heterocycles. The van der Waals surface area contributed by atoms with E-state index in [1.54, 1.807) is 0 Å². The van der Waals surface area contributed by atoms with Gasteiger partial charge in [0, 0.05) is 28.2 Å². The molecule has 0 bridgehead atoms. The largest absolute Gasteiger partial charge is 0.309 e. The summed E-state index contributed by atoms with van der Waals surface area (Å²) >= 11 is 0. The summed E-state index contributed by atoms with van der Waals surface area (Å²) in [5.41, 5.74) is 13.0. The molecule has 0 saturated carbocycles. The van der Waals surface area contributed by atoms with Crippen molar-refractivity contribution in [1.29, 1.82) is 5.26 Å². The second kappa shape index (κ2) is 12.5. The number of aromatic nitrogens is 2. The summed E-state index contributed by atoms with van der Waals surface area (Å²) in [5.74, 6) is 0. The molecule has 0 radical (unpaired) electrons. The highest BCUT2D eigenvalue weighted by molar-refractivity contribution is 6.22. The lowest BCUT2D eigenvalue weighted by Crippen LogP contribution is -1.93. The van der Waals surface area contributed by atoms with Crippen molar-refractivity contribution in [3.8, 4) is 56.4 Å². The summed E-state index contributed by atoms with van der Waals surface area (Å²) in [7, 11) is 0. The number of nitrogens with zero attached hydrogens (tertiary/aromatic N) is 3. The highest BCUT2D eigenvalue weighted by atomic mass is 15.0. The van der Waals surface area contributed by atoms with E-state index < -0.39 is 0 Å². The van der Waals surface area contributed by atoms with Gasteiger partial charge in [-0.2, -0.15) is 5.26 Å². The van der Waals surface area contributed by atoms with Crippen molar-refractivity contribution >= 4 is 43.4 Å². The van der Waals surface area contributed by atoms with Gasteiger partial charge in [0.25, 0.3) is 0 Å². The van der Waals surface area contributed by atoms with E-state index in [-0.39, 0.29) is 0 Å². The average molecular weight is 674 g/mol. The molecule has 0 fully saturated rings. The molecule has 0 atom stereocenters. The number of nitriles is 1. The van der Waals surface area contributed by atoms with E-state index in [4.69, 9.17) is 4.98 Å². The van der Waals surface area contributed by atoms with Gasteiger partial charge in [-0.1, -0.05) is 115 Å². The van der Waals surface area contributed by atoms with Gasteiger partial charge in [-0.15, -0.1) is 0 Å². The Balaban J connectivity index is 1.27. The predicted octanol–water partition coefficient (Wildman–Crippen LogP) is 13.0. The first kappa shape index (κ1) is 30.5. The minimum Gasteiger partial charge on any atom is -0.309 e. The van der Waals surface area contributed by atoms with Crippen LogP contribution in [-0.4, -0.2) is 9.55 Å². The van der Waals surface area contributed by atoms with E-state index in [1.165, 1.54) is 43.8 Å². The number of hydrogen-bond acceptors (Lipinski definition) is 2. The van der Waals surface area contributed by atoms with E-state index in [0.717, 1.165) is 49.9 Å². The SMILES string of the molecule is N#Cc1ccc2c(c1)c1cc(-c3ccc4c(-c5ccccc5)c5cc(-c6ccccn6)ccc5c(-c5ccccc5)c4c3)ccc1n2-c1ccccc1. The molecule has 10 rings (SSSR count). The van der Waals surface area contributed by atoms with E-state index in [1.807, 2.05) is 36.5 Å². The number of fused-ring (bicyclic) bond motifs is 5. The maximum absolute atomic E-state index is 9.84. The van der Waals surface area contributed by atoms with Gasteiger partial charge in [0.05, 0.1) is 28.4 Å². The van der Waals surface area contributed by atoms with Gasteiger partial charge in [0.2, 0.25) is 0 Å². The lowest BCUT2D eigenvalue weighted by Gasteiger charge is -2.19. The van der Waals surface area contributed by atoms with Crippen LogP contribution >= 0.6 is 0 Å². The Labute approximate surface area is 307 Å². The second-order valence-corrected chi connectivity index (χ2v) is 13.5. The second-order valence-electron chi connectivity index (χ2n) is 13.5. The van der Waals surface area contributed by atoms with Crippen LogP contribution in [0.2, 0.25) is 0 Å². The highest BCUT2D eigenvalue weighted by Crippen LogP contribution is 2.46. The summed E-state index contributed by atoms with van der Waals surface area (Å²) in [6, 6.07) is 66.8. The molecule has 3 heteroatoms. The number of pyridine rings is 1. The normalized spacial score (nSPS) is 11.4. The molecule has 0 unspecified atom stereocenters. The lowest BCUT2D eigenvalue weighted by atomic mass is 9.84. The van der Waals surface area contributed by atoms with Crippen LogP contribution in [0, 0.1) is 11.3 Å². The van der Waals surface area contributed by atoms with Crippen molar-refractivity contribution in [1.82, 2.24) is 9.55 Å². The molecule has 8 aromatic carbocycles. The van der Waals surface area contributed by atoms with Gasteiger partial charge in [-0.25, -0.2) is 0 Å². The van der Waals surface area contributed by atoms with Crippen molar-refractivity contribution in [3.63, 3.8) is 0 Å². The fourth-order valence-electron chi connectivity index (χ4n) is 8.06. The maximum Gasteiger partial charge on any atom is 0.0991 e. The monoisotopic (exact) mass is 673 g/mol. The fourth-order valence-corrected chi connectivity index (χ4v) is 8.06. The molecule has 0 aliphatic heterocycles. The quantitative estimate of drug-likeness (QED) is 0.171. The van der Waals surface area contributed by atoms with Crippen LogP contribution in [0.25, 0.3) is 93.7 Å². The number of para-hydroxylation sites is 1. The van der Waals surface area contributed by atoms with Crippen molar-refractivity contribution in [3.05, 3.63) is 194 Å². The Bertz CT molecular complexity index is 3030. The van der Waals surface area contributed by atoms with E-state index in [2.05, 4.69) is 162 Å². The molecule has 0 amide bonds. The molecule has 53 heavy (non-hydrogen) atoms. The van der Waals surface area contributed by atoms with E-state index >= 15 is 0 Å². The van der Waals surface area contributed by atoms with Gasteiger partial charge in [-0.3, -0.25) is 4.98 Å². The Morgan fingerprint density at radius 1 is 0.396 bits per heavy atom. The lowest BCUT2D eigenvalue weighted by molar-refractivity contribution is 1.18. The third-order valence-electron chi connectivity index (χ3n) is 10.4. The van der Waals surface area contributed by atoms with Crippen LogP contribution in [0.4, 0.5) is 0 Å². The van der Waals surface area contributed by atoms with Gasteiger partial charge in [-0.05, 0) is 122 Å². The van der Waals surface area contributed by atoms with Crippen molar-refractivity contribution in [2.45, 2.75) is 0 Å². The van der Waals surface area contributed by atoms with Gasteiger partial charge in [0.15, 0.2) is 0 Å². The Kier molecular flexibility index (Phi) is 7.20. The molecular weight excluding hydrogens is 643 g/mol. The fraction of sp³-hybridized carbons (Fsp3) is 0. The summed E-state index contributed by atoms with van der Waals surface area (Å²) in [6.07, 6.45) is 1.86. The molecule has 10 aromatic rings. The first-order valence-corrected chi connectivity index (χ1v) is 17.8. The van der Waals surface area contributed by atoms with Crippen LogP contribution in [0.5, 0.6) is 0 Å². The van der Waals surface area contributed by atoms with Gasteiger partial charge in [0.1, 0.15) is 0 Å². The molecule has 0 N–H and O–H groups in total. The summed E-state index contributed by atoms with van der Waals surface area (Å²) < 4.78 is 2.29. The van der Waals surface area contributed by atoms with E-state index in [9.17, 15) is 5.26 Å². The van der Waals surface area contributed by atoms with Gasteiger partial charge >= 0.3 is 0 Å². The van der Waals surface area contributed by atoms with Crippen molar-refractivity contribution in [2.24, 2.45) is 0 Å². The molecule has 0 saturated heterocycles.